The molecule has 0 bridgehead atoms. The third kappa shape index (κ3) is 3.77. The van der Waals surface area contributed by atoms with Crippen LogP contribution in [0.5, 0.6) is 0 Å². The van der Waals surface area contributed by atoms with Crippen molar-refractivity contribution in [2.24, 2.45) is 5.92 Å². The Morgan fingerprint density at radius 1 is 1.38 bits per heavy atom. The van der Waals surface area contributed by atoms with E-state index in [1.54, 1.807) is 7.11 Å². The molecule has 1 atom stereocenters. The summed E-state index contributed by atoms with van der Waals surface area (Å²) in [5.41, 5.74) is 0. The van der Waals surface area contributed by atoms with Gasteiger partial charge in [0.1, 0.15) is 0 Å². The van der Waals surface area contributed by atoms with Crippen molar-refractivity contribution in [3.63, 3.8) is 0 Å². The van der Waals surface area contributed by atoms with Gasteiger partial charge in [-0.25, -0.2) is 0 Å². The third-order valence-electron chi connectivity index (χ3n) is 2.06. The highest BCUT2D eigenvalue weighted by molar-refractivity contribution is 5.78. The maximum atomic E-state index is 11.7. The predicted octanol–water partition coefficient (Wildman–Crippen LogP) is 1.53. The molecule has 0 heterocycles. The maximum Gasteiger partial charge on any atom is 0.225 e. The topological polar surface area (TPSA) is 29.5 Å². The van der Waals surface area contributed by atoms with E-state index in [9.17, 15) is 4.79 Å². The van der Waals surface area contributed by atoms with E-state index in [1.165, 1.54) is 0 Å². The Labute approximate surface area is 81.1 Å². The van der Waals surface area contributed by atoms with Crippen molar-refractivity contribution in [2.45, 2.75) is 33.7 Å². The summed E-state index contributed by atoms with van der Waals surface area (Å²) in [5, 5.41) is 0. The van der Waals surface area contributed by atoms with Gasteiger partial charge >= 0.3 is 0 Å². The average Bonchev–Trinajstić information content (AvgIpc) is 2.05. The van der Waals surface area contributed by atoms with Crippen LogP contribution >= 0.6 is 0 Å². The second kappa shape index (κ2) is 5.97. The zero-order valence-corrected chi connectivity index (χ0v) is 9.33. The Balaban J connectivity index is 4.23. The molecule has 1 unspecified atom stereocenters. The van der Waals surface area contributed by atoms with Crippen molar-refractivity contribution in [1.82, 2.24) is 4.90 Å². The standard InChI is InChI=1S/C10H21NO2/c1-6-11(9(4)7-13-5)10(12)8(2)3/h8-9H,6-7H2,1-5H3. The lowest BCUT2D eigenvalue weighted by Gasteiger charge is -2.29. The van der Waals surface area contributed by atoms with E-state index in [0.29, 0.717) is 6.61 Å². The normalized spacial score (nSPS) is 13.1. The number of likely N-dealkylation sites (N-methyl/N-ethyl adjacent to an activating group) is 1. The number of amides is 1. The first-order valence-electron chi connectivity index (χ1n) is 4.84. The smallest absolute Gasteiger partial charge is 0.225 e. The molecule has 0 fully saturated rings. The molecular formula is C10H21NO2. The van der Waals surface area contributed by atoms with Crippen LogP contribution in [0.25, 0.3) is 0 Å². The van der Waals surface area contributed by atoms with Crippen LogP contribution in [0.15, 0.2) is 0 Å². The van der Waals surface area contributed by atoms with Crippen LogP contribution in [-0.4, -0.2) is 37.1 Å². The molecule has 0 aromatic rings. The lowest BCUT2D eigenvalue weighted by molar-refractivity contribution is -0.137. The minimum atomic E-state index is 0.0688. The molecule has 0 spiro atoms. The molecule has 0 N–H and O–H groups in total. The number of ether oxygens (including phenoxy) is 1. The summed E-state index contributed by atoms with van der Waals surface area (Å²) in [6, 6.07) is 0.171. The van der Waals surface area contributed by atoms with Crippen LogP contribution in [0.1, 0.15) is 27.7 Å². The van der Waals surface area contributed by atoms with Crippen LogP contribution in [0.4, 0.5) is 0 Å². The molecule has 3 heteroatoms. The van der Waals surface area contributed by atoms with E-state index < -0.39 is 0 Å². The number of nitrogens with zero attached hydrogens (tertiary/aromatic N) is 1. The van der Waals surface area contributed by atoms with E-state index in [0.717, 1.165) is 6.54 Å². The fourth-order valence-electron chi connectivity index (χ4n) is 1.35. The van der Waals surface area contributed by atoms with Crippen LogP contribution in [0, 0.1) is 5.92 Å². The molecule has 1 amide bonds. The summed E-state index contributed by atoms with van der Waals surface area (Å²) in [7, 11) is 1.66. The monoisotopic (exact) mass is 187 g/mol. The summed E-state index contributed by atoms with van der Waals surface area (Å²) in [5.74, 6) is 0.270. The van der Waals surface area contributed by atoms with Crippen molar-refractivity contribution in [3.8, 4) is 0 Å². The molecule has 0 saturated heterocycles. The molecule has 0 rings (SSSR count). The highest BCUT2D eigenvalue weighted by Crippen LogP contribution is 2.06. The van der Waals surface area contributed by atoms with E-state index in [4.69, 9.17) is 4.74 Å². The Kier molecular flexibility index (Phi) is 5.71. The van der Waals surface area contributed by atoms with E-state index in [2.05, 4.69) is 0 Å². The number of methoxy groups -OCH3 is 1. The molecule has 3 nitrogen and oxygen atoms in total. The lowest BCUT2D eigenvalue weighted by atomic mass is 10.1. The average molecular weight is 187 g/mol. The SMILES string of the molecule is CCN(C(=O)C(C)C)C(C)COC. The van der Waals surface area contributed by atoms with Crippen molar-refractivity contribution in [3.05, 3.63) is 0 Å². The quantitative estimate of drug-likeness (QED) is 0.653. The molecule has 0 aliphatic carbocycles. The maximum absolute atomic E-state index is 11.7. The number of hydrogen-bond acceptors (Lipinski definition) is 2. The lowest BCUT2D eigenvalue weighted by Crippen LogP contribution is -2.42. The van der Waals surface area contributed by atoms with Gasteiger partial charge in [-0.15, -0.1) is 0 Å². The second-order valence-electron chi connectivity index (χ2n) is 3.58. The largest absolute Gasteiger partial charge is 0.383 e. The van der Waals surface area contributed by atoms with Crippen LogP contribution in [0.2, 0.25) is 0 Å². The van der Waals surface area contributed by atoms with Gasteiger partial charge in [-0.05, 0) is 13.8 Å². The fraction of sp³-hybridized carbons (Fsp3) is 0.900. The molecule has 0 aliphatic heterocycles. The van der Waals surface area contributed by atoms with Crippen LogP contribution < -0.4 is 0 Å². The van der Waals surface area contributed by atoms with Crippen molar-refractivity contribution >= 4 is 5.91 Å². The highest BCUT2D eigenvalue weighted by atomic mass is 16.5. The van der Waals surface area contributed by atoms with Crippen LogP contribution in [-0.2, 0) is 9.53 Å². The summed E-state index contributed by atoms with van der Waals surface area (Å²) in [6.45, 7) is 9.20. The summed E-state index contributed by atoms with van der Waals surface area (Å²) in [4.78, 5) is 13.5. The van der Waals surface area contributed by atoms with E-state index >= 15 is 0 Å². The van der Waals surface area contributed by atoms with E-state index in [1.807, 2.05) is 32.6 Å². The van der Waals surface area contributed by atoms with Gasteiger partial charge < -0.3 is 9.64 Å². The van der Waals surface area contributed by atoms with Gasteiger partial charge in [0, 0.05) is 19.6 Å². The second-order valence-corrected chi connectivity index (χ2v) is 3.58. The van der Waals surface area contributed by atoms with Gasteiger partial charge in [-0.1, -0.05) is 13.8 Å². The summed E-state index contributed by atoms with van der Waals surface area (Å²) >= 11 is 0. The van der Waals surface area contributed by atoms with E-state index in [-0.39, 0.29) is 17.9 Å². The van der Waals surface area contributed by atoms with Gasteiger partial charge in [-0.2, -0.15) is 0 Å². The molecule has 78 valence electrons. The minimum absolute atomic E-state index is 0.0688. The first-order valence-corrected chi connectivity index (χ1v) is 4.84. The zero-order chi connectivity index (χ0) is 10.4. The summed E-state index contributed by atoms with van der Waals surface area (Å²) < 4.78 is 5.02. The Morgan fingerprint density at radius 3 is 2.23 bits per heavy atom. The minimum Gasteiger partial charge on any atom is -0.383 e. The number of hydrogen-bond donors (Lipinski definition) is 0. The van der Waals surface area contributed by atoms with Crippen LogP contribution in [0.3, 0.4) is 0 Å². The Bertz CT molecular complexity index is 157. The fourth-order valence-corrected chi connectivity index (χ4v) is 1.35. The number of carbonyl (C=O) groups is 1. The number of carbonyl (C=O) groups excluding carboxylic acids is 1. The molecule has 0 radical (unpaired) electrons. The predicted molar refractivity (Wildman–Crippen MR) is 53.6 cm³/mol. The van der Waals surface area contributed by atoms with Gasteiger partial charge in [0.15, 0.2) is 0 Å². The van der Waals surface area contributed by atoms with Gasteiger partial charge in [0.05, 0.1) is 12.6 Å². The molecule has 0 aromatic carbocycles. The highest BCUT2D eigenvalue weighted by Gasteiger charge is 2.20. The molecule has 0 saturated carbocycles. The van der Waals surface area contributed by atoms with Gasteiger partial charge in [0.2, 0.25) is 5.91 Å². The third-order valence-corrected chi connectivity index (χ3v) is 2.06. The first kappa shape index (κ1) is 12.4. The zero-order valence-electron chi connectivity index (χ0n) is 9.33. The molecule has 0 aromatic heterocycles. The Hall–Kier alpha value is -0.570. The number of rotatable bonds is 5. The Morgan fingerprint density at radius 2 is 1.92 bits per heavy atom. The van der Waals surface area contributed by atoms with Crippen molar-refractivity contribution in [2.75, 3.05) is 20.3 Å². The van der Waals surface area contributed by atoms with Crippen molar-refractivity contribution in [1.29, 1.82) is 0 Å². The molecule has 13 heavy (non-hydrogen) atoms. The van der Waals surface area contributed by atoms with Gasteiger partial charge in [-0.3, -0.25) is 4.79 Å². The molecular weight excluding hydrogens is 166 g/mol. The van der Waals surface area contributed by atoms with Gasteiger partial charge in [0.25, 0.3) is 0 Å². The molecule has 0 aliphatic rings. The summed E-state index contributed by atoms with van der Waals surface area (Å²) in [6.07, 6.45) is 0. The first-order chi connectivity index (χ1) is 6.04. The van der Waals surface area contributed by atoms with Crippen molar-refractivity contribution < 1.29 is 9.53 Å².